The van der Waals surface area contributed by atoms with Gasteiger partial charge in [0.1, 0.15) is 11.5 Å². The molecule has 32 heavy (non-hydrogen) atoms. The van der Waals surface area contributed by atoms with Gasteiger partial charge < -0.3 is 10.0 Å². The molecule has 1 aliphatic rings. The molecular weight excluding hydrogens is 447 g/mol. The maximum atomic E-state index is 13.2. The van der Waals surface area contributed by atoms with Gasteiger partial charge in [-0.1, -0.05) is 23.7 Å². The van der Waals surface area contributed by atoms with Gasteiger partial charge in [0.15, 0.2) is 5.82 Å². The summed E-state index contributed by atoms with van der Waals surface area (Å²) >= 11 is 6.03. The quantitative estimate of drug-likeness (QED) is 0.430. The van der Waals surface area contributed by atoms with Crippen molar-refractivity contribution in [2.45, 2.75) is 25.1 Å². The van der Waals surface area contributed by atoms with E-state index in [1.807, 2.05) is 4.90 Å². The number of hydrogen-bond acceptors (Lipinski definition) is 8. The molecule has 2 N–H and O–H groups in total. The minimum absolute atomic E-state index is 0.0993. The molecule has 1 saturated heterocycles. The highest BCUT2D eigenvalue weighted by molar-refractivity contribution is 6.29. The molecule has 0 spiro atoms. The zero-order valence-corrected chi connectivity index (χ0v) is 17.4. The summed E-state index contributed by atoms with van der Waals surface area (Å²) in [6.07, 6.45) is -2.21. The number of rotatable bonds is 5. The molecule has 168 valence electrons. The Labute approximate surface area is 186 Å². The van der Waals surface area contributed by atoms with Crippen LogP contribution in [0, 0.1) is 0 Å². The lowest BCUT2D eigenvalue weighted by Crippen LogP contribution is -2.39. The summed E-state index contributed by atoms with van der Waals surface area (Å²) < 4.78 is 39.5. The standard InChI is InChI=1S/C20H19ClF3N7O/c21-16-7-2-8-17(27-16)31(29-14-5-1-4-13(10-14)20(22,23)24)19-26-12-25-18(28-19)30-9-3-6-15(32)11-30/h1-2,4-5,7-8,10,12,15,29,32H,3,6,9,11H2. The van der Waals surface area contributed by atoms with Crippen LogP contribution in [-0.2, 0) is 6.18 Å². The predicted molar refractivity (Wildman–Crippen MR) is 114 cm³/mol. The lowest BCUT2D eigenvalue weighted by atomic mass is 10.1. The molecule has 0 aliphatic carbocycles. The highest BCUT2D eigenvalue weighted by Crippen LogP contribution is 2.32. The number of β-amino-alcohol motifs (C(OH)–C–C–N with tert-alkyl or cyclic N) is 1. The monoisotopic (exact) mass is 465 g/mol. The number of anilines is 4. The van der Waals surface area contributed by atoms with Crippen molar-refractivity contribution in [2.24, 2.45) is 0 Å². The van der Waals surface area contributed by atoms with Gasteiger partial charge in [-0.25, -0.2) is 15.0 Å². The molecule has 1 unspecified atom stereocenters. The molecule has 0 amide bonds. The fourth-order valence-corrected chi connectivity index (χ4v) is 3.46. The van der Waals surface area contributed by atoms with Gasteiger partial charge in [-0.15, -0.1) is 0 Å². The number of aliphatic hydroxyl groups excluding tert-OH is 1. The molecule has 3 heterocycles. The molecule has 0 radical (unpaired) electrons. The number of aromatic nitrogens is 4. The molecule has 1 aliphatic heterocycles. The highest BCUT2D eigenvalue weighted by Gasteiger charge is 2.30. The number of halogens is 4. The Morgan fingerprint density at radius 2 is 1.94 bits per heavy atom. The molecule has 4 rings (SSSR count). The number of hydrogen-bond donors (Lipinski definition) is 2. The van der Waals surface area contributed by atoms with Gasteiger partial charge in [-0.05, 0) is 43.2 Å². The van der Waals surface area contributed by atoms with Crippen molar-refractivity contribution in [2.75, 3.05) is 28.4 Å². The Morgan fingerprint density at radius 1 is 1.12 bits per heavy atom. The van der Waals surface area contributed by atoms with Gasteiger partial charge in [-0.2, -0.15) is 23.1 Å². The van der Waals surface area contributed by atoms with Crippen LogP contribution >= 0.6 is 11.6 Å². The van der Waals surface area contributed by atoms with E-state index in [0.717, 1.165) is 18.6 Å². The number of alkyl halides is 3. The molecule has 1 fully saturated rings. The summed E-state index contributed by atoms with van der Waals surface area (Å²) in [5, 5.41) is 11.5. The van der Waals surface area contributed by atoms with Crippen LogP contribution in [0.2, 0.25) is 5.15 Å². The number of pyridine rings is 1. The summed E-state index contributed by atoms with van der Waals surface area (Å²) in [5.41, 5.74) is 2.23. The van der Waals surface area contributed by atoms with Gasteiger partial charge >= 0.3 is 6.18 Å². The van der Waals surface area contributed by atoms with Gasteiger partial charge in [0.2, 0.25) is 5.95 Å². The van der Waals surface area contributed by atoms with Crippen molar-refractivity contribution in [3.05, 3.63) is 59.5 Å². The molecule has 8 nitrogen and oxygen atoms in total. The molecule has 3 aromatic rings. The Kier molecular flexibility index (Phi) is 6.28. The number of piperidine rings is 1. The minimum Gasteiger partial charge on any atom is -0.391 e. The molecule has 1 atom stereocenters. The molecule has 0 bridgehead atoms. The Morgan fingerprint density at radius 3 is 2.69 bits per heavy atom. The van der Waals surface area contributed by atoms with E-state index in [0.29, 0.717) is 25.5 Å². The Bertz CT molecular complexity index is 1080. The van der Waals surface area contributed by atoms with Gasteiger partial charge in [-0.3, -0.25) is 5.43 Å². The third kappa shape index (κ3) is 5.17. The van der Waals surface area contributed by atoms with Crippen LogP contribution < -0.4 is 15.3 Å². The van der Waals surface area contributed by atoms with Crippen molar-refractivity contribution in [1.82, 2.24) is 19.9 Å². The van der Waals surface area contributed by atoms with Crippen LogP contribution in [0.5, 0.6) is 0 Å². The smallest absolute Gasteiger partial charge is 0.391 e. The predicted octanol–water partition coefficient (Wildman–Crippen LogP) is 4.07. The fourth-order valence-electron chi connectivity index (χ4n) is 3.30. The van der Waals surface area contributed by atoms with E-state index in [1.54, 1.807) is 18.2 Å². The number of benzene rings is 1. The van der Waals surface area contributed by atoms with Crippen molar-refractivity contribution < 1.29 is 18.3 Å². The summed E-state index contributed by atoms with van der Waals surface area (Å²) in [6, 6.07) is 9.56. The van der Waals surface area contributed by atoms with Gasteiger partial charge in [0.25, 0.3) is 5.95 Å². The van der Waals surface area contributed by atoms with E-state index in [-0.39, 0.29) is 22.6 Å². The van der Waals surface area contributed by atoms with Gasteiger partial charge in [0.05, 0.1) is 17.4 Å². The second kappa shape index (κ2) is 9.13. The van der Waals surface area contributed by atoms with Crippen LogP contribution in [-0.4, -0.2) is 44.2 Å². The average molecular weight is 466 g/mol. The first-order valence-corrected chi connectivity index (χ1v) is 10.2. The fraction of sp³-hybridized carbons (Fsp3) is 0.300. The average Bonchev–Trinajstić information content (AvgIpc) is 2.77. The van der Waals surface area contributed by atoms with E-state index in [1.165, 1.54) is 23.5 Å². The summed E-state index contributed by atoms with van der Waals surface area (Å²) in [6.45, 7) is 1.04. The lowest BCUT2D eigenvalue weighted by molar-refractivity contribution is -0.137. The third-order valence-corrected chi connectivity index (χ3v) is 5.00. The molecule has 2 aromatic heterocycles. The summed E-state index contributed by atoms with van der Waals surface area (Å²) in [7, 11) is 0. The van der Waals surface area contributed by atoms with E-state index < -0.39 is 17.8 Å². The first kappa shape index (κ1) is 22.0. The normalized spacial score (nSPS) is 16.7. The maximum Gasteiger partial charge on any atom is 0.416 e. The Hall–Kier alpha value is -3.18. The van der Waals surface area contributed by atoms with E-state index in [9.17, 15) is 18.3 Å². The van der Waals surface area contributed by atoms with E-state index in [4.69, 9.17) is 11.6 Å². The van der Waals surface area contributed by atoms with Gasteiger partial charge in [0, 0.05) is 13.1 Å². The molecular formula is C20H19ClF3N7O. The van der Waals surface area contributed by atoms with Crippen molar-refractivity contribution >= 4 is 35.0 Å². The number of nitrogens with one attached hydrogen (secondary N) is 1. The number of hydrazine groups is 1. The largest absolute Gasteiger partial charge is 0.416 e. The van der Waals surface area contributed by atoms with Crippen molar-refractivity contribution in [1.29, 1.82) is 0 Å². The topological polar surface area (TPSA) is 90.3 Å². The van der Waals surface area contributed by atoms with Crippen LogP contribution in [0.3, 0.4) is 0 Å². The third-order valence-electron chi connectivity index (χ3n) is 4.79. The zero-order valence-electron chi connectivity index (χ0n) is 16.7. The number of nitrogens with zero attached hydrogens (tertiary/aromatic N) is 6. The second-order valence-electron chi connectivity index (χ2n) is 7.17. The summed E-state index contributed by atoms with van der Waals surface area (Å²) in [4.78, 5) is 18.9. The van der Waals surface area contributed by atoms with Crippen LogP contribution in [0.1, 0.15) is 18.4 Å². The molecule has 0 saturated carbocycles. The van der Waals surface area contributed by atoms with Crippen molar-refractivity contribution in [3.8, 4) is 0 Å². The second-order valence-corrected chi connectivity index (χ2v) is 7.56. The Balaban J connectivity index is 1.70. The van der Waals surface area contributed by atoms with Crippen LogP contribution in [0.15, 0.2) is 48.8 Å². The SMILES string of the molecule is OC1CCCN(c2ncnc(N(Nc3cccc(C(F)(F)F)c3)c3cccc(Cl)n3)n2)C1. The number of aliphatic hydroxyl groups is 1. The van der Waals surface area contributed by atoms with Crippen molar-refractivity contribution in [3.63, 3.8) is 0 Å². The van der Waals surface area contributed by atoms with Crippen LogP contribution in [0.25, 0.3) is 0 Å². The summed E-state index contributed by atoms with van der Waals surface area (Å²) in [5.74, 6) is 0.708. The molecule has 12 heteroatoms. The first-order chi connectivity index (χ1) is 15.3. The lowest BCUT2D eigenvalue weighted by Gasteiger charge is -2.30. The first-order valence-electron chi connectivity index (χ1n) is 9.78. The van der Waals surface area contributed by atoms with Crippen LogP contribution in [0.4, 0.5) is 36.6 Å². The highest BCUT2D eigenvalue weighted by atomic mass is 35.5. The maximum absolute atomic E-state index is 13.2. The minimum atomic E-state index is -4.49. The molecule has 1 aromatic carbocycles. The zero-order chi connectivity index (χ0) is 22.7. The van der Waals surface area contributed by atoms with E-state index >= 15 is 0 Å². The van der Waals surface area contributed by atoms with E-state index in [2.05, 4.69) is 25.4 Å².